The summed E-state index contributed by atoms with van der Waals surface area (Å²) in [5.41, 5.74) is 7.30. The van der Waals surface area contributed by atoms with Gasteiger partial charge in [0.1, 0.15) is 5.82 Å². The Bertz CT molecular complexity index is 336. The minimum Gasteiger partial charge on any atom is -0.384 e. The van der Waals surface area contributed by atoms with Crippen LogP contribution in [0.25, 0.3) is 0 Å². The van der Waals surface area contributed by atoms with Crippen LogP contribution in [0.5, 0.6) is 0 Å². The topological polar surface area (TPSA) is 38.9 Å². The molecule has 62 valence electrons. The summed E-state index contributed by atoms with van der Waals surface area (Å²) in [5.74, 6) is 6.42. The lowest BCUT2D eigenvalue weighted by molar-refractivity contribution is 1.20. The second-order valence-corrected chi connectivity index (χ2v) is 2.87. The molecule has 0 aliphatic carbocycles. The van der Waals surface area contributed by atoms with Gasteiger partial charge in [-0.1, -0.05) is 27.8 Å². The lowest BCUT2D eigenvalue weighted by Gasteiger charge is -1.97. The monoisotopic (exact) mass is 224 g/mol. The van der Waals surface area contributed by atoms with Gasteiger partial charge in [-0.3, -0.25) is 0 Å². The molecule has 1 rings (SSSR count). The van der Waals surface area contributed by atoms with Gasteiger partial charge in [0.15, 0.2) is 0 Å². The van der Waals surface area contributed by atoms with E-state index in [0.29, 0.717) is 11.1 Å². The minimum absolute atomic E-state index is 0.539. The van der Waals surface area contributed by atoms with Gasteiger partial charge in [-0.05, 0) is 19.1 Å². The van der Waals surface area contributed by atoms with E-state index in [1.54, 1.807) is 6.07 Å². The highest BCUT2D eigenvalue weighted by molar-refractivity contribution is 9.09. The van der Waals surface area contributed by atoms with Crippen molar-refractivity contribution in [1.29, 1.82) is 0 Å². The molecule has 0 aliphatic heterocycles. The van der Waals surface area contributed by atoms with E-state index in [0.717, 1.165) is 11.3 Å². The average molecular weight is 225 g/mol. The highest BCUT2D eigenvalue weighted by Crippen LogP contribution is 2.05. The van der Waals surface area contributed by atoms with E-state index in [-0.39, 0.29) is 0 Å². The number of aromatic nitrogens is 1. The molecule has 0 spiro atoms. The van der Waals surface area contributed by atoms with E-state index >= 15 is 0 Å². The Morgan fingerprint density at radius 2 is 2.33 bits per heavy atom. The Hall–Kier alpha value is -1.01. The highest BCUT2D eigenvalue weighted by Gasteiger charge is 1.94. The number of nitrogens with two attached hydrogens (primary N) is 1. The van der Waals surface area contributed by atoms with E-state index in [2.05, 4.69) is 32.8 Å². The predicted octanol–water partition coefficient (Wildman–Crippen LogP) is 1.72. The summed E-state index contributed by atoms with van der Waals surface area (Å²) in [6.07, 6.45) is 0. The van der Waals surface area contributed by atoms with Crippen LogP contribution in [0.4, 0.5) is 5.82 Å². The lowest BCUT2D eigenvalue weighted by Crippen LogP contribution is -1.94. The molecule has 1 heterocycles. The van der Waals surface area contributed by atoms with Crippen LogP contribution in [0, 0.1) is 18.8 Å². The van der Waals surface area contributed by atoms with Crippen molar-refractivity contribution in [2.75, 3.05) is 11.1 Å². The van der Waals surface area contributed by atoms with Crippen molar-refractivity contribution in [2.45, 2.75) is 6.92 Å². The zero-order valence-corrected chi connectivity index (χ0v) is 8.35. The van der Waals surface area contributed by atoms with E-state index in [9.17, 15) is 0 Å². The molecule has 0 bridgehead atoms. The molecule has 3 heteroatoms. The largest absolute Gasteiger partial charge is 0.384 e. The van der Waals surface area contributed by atoms with Gasteiger partial charge in [0.25, 0.3) is 0 Å². The van der Waals surface area contributed by atoms with E-state index < -0.39 is 0 Å². The highest BCUT2D eigenvalue weighted by atomic mass is 79.9. The second kappa shape index (κ2) is 4.13. The first-order valence-electron chi connectivity index (χ1n) is 3.52. The fourth-order valence-electron chi connectivity index (χ4n) is 0.841. The third kappa shape index (κ3) is 2.24. The van der Waals surface area contributed by atoms with Crippen LogP contribution < -0.4 is 5.73 Å². The predicted molar refractivity (Wildman–Crippen MR) is 54.1 cm³/mol. The van der Waals surface area contributed by atoms with Gasteiger partial charge in [-0.15, -0.1) is 0 Å². The van der Waals surface area contributed by atoms with E-state index in [4.69, 9.17) is 5.73 Å². The van der Waals surface area contributed by atoms with Crippen molar-refractivity contribution in [1.82, 2.24) is 4.98 Å². The summed E-state index contributed by atoms with van der Waals surface area (Å²) in [4.78, 5) is 4.09. The fraction of sp³-hybridized carbons (Fsp3) is 0.222. The molecule has 0 saturated heterocycles. The van der Waals surface area contributed by atoms with Crippen LogP contribution in [0.15, 0.2) is 12.1 Å². The molecule has 0 unspecified atom stereocenters. The Morgan fingerprint density at radius 1 is 1.58 bits per heavy atom. The van der Waals surface area contributed by atoms with Crippen LogP contribution in [-0.2, 0) is 0 Å². The Balaban J connectivity index is 3.01. The number of rotatable bonds is 0. The number of halogens is 1. The zero-order valence-electron chi connectivity index (χ0n) is 6.76. The summed E-state index contributed by atoms with van der Waals surface area (Å²) in [7, 11) is 0. The number of nitrogen functional groups attached to an aromatic ring is 1. The molecule has 0 aliphatic rings. The molecule has 1 aromatic rings. The molecule has 12 heavy (non-hydrogen) atoms. The van der Waals surface area contributed by atoms with Crippen molar-refractivity contribution in [3.05, 3.63) is 23.4 Å². The van der Waals surface area contributed by atoms with Crippen molar-refractivity contribution < 1.29 is 0 Å². The molecule has 0 saturated carbocycles. The number of hydrogen-bond acceptors (Lipinski definition) is 2. The first-order valence-corrected chi connectivity index (χ1v) is 4.64. The van der Waals surface area contributed by atoms with Gasteiger partial charge in [0.2, 0.25) is 0 Å². The van der Waals surface area contributed by atoms with Gasteiger partial charge >= 0.3 is 0 Å². The normalized spacial score (nSPS) is 8.83. The maximum Gasteiger partial charge on any atom is 0.123 e. The van der Waals surface area contributed by atoms with Crippen molar-refractivity contribution in [3.8, 4) is 11.8 Å². The minimum atomic E-state index is 0.539. The molecule has 0 fully saturated rings. The number of alkyl halides is 1. The van der Waals surface area contributed by atoms with Gasteiger partial charge in [0, 0.05) is 5.56 Å². The summed E-state index contributed by atoms with van der Waals surface area (Å²) in [6, 6.07) is 3.64. The van der Waals surface area contributed by atoms with Crippen molar-refractivity contribution >= 4 is 21.7 Å². The number of aryl methyl sites for hydroxylation is 1. The standard InChI is InChI=1S/C9H9BrN2/c1-7-8(3-2-6-10)4-5-9(11)12-7/h4-5H,6H2,1H3,(H2,11,12). The van der Waals surface area contributed by atoms with Crippen LogP contribution in [0.3, 0.4) is 0 Å². The molecule has 2 N–H and O–H groups in total. The molecule has 0 aromatic carbocycles. The van der Waals surface area contributed by atoms with Crippen molar-refractivity contribution in [3.63, 3.8) is 0 Å². The Kier molecular flexibility index (Phi) is 3.12. The van der Waals surface area contributed by atoms with Gasteiger partial charge in [0.05, 0.1) is 11.0 Å². The zero-order chi connectivity index (χ0) is 8.97. The first-order chi connectivity index (χ1) is 5.74. The summed E-state index contributed by atoms with van der Waals surface area (Å²) in [5, 5.41) is 0.677. The Morgan fingerprint density at radius 3 is 2.92 bits per heavy atom. The van der Waals surface area contributed by atoms with Crippen LogP contribution in [-0.4, -0.2) is 10.3 Å². The average Bonchev–Trinajstić information content (AvgIpc) is 2.03. The number of hydrogen-bond donors (Lipinski definition) is 1. The summed E-state index contributed by atoms with van der Waals surface area (Å²) >= 11 is 3.23. The quantitative estimate of drug-likeness (QED) is 0.539. The number of pyridine rings is 1. The molecular weight excluding hydrogens is 216 g/mol. The smallest absolute Gasteiger partial charge is 0.123 e. The maximum atomic E-state index is 5.49. The number of anilines is 1. The van der Waals surface area contributed by atoms with Crippen molar-refractivity contribution in [2.24, 2.45) is 0 Å². The molecular formula is C9H9BrN2. The van der Waals surface area contributed by atoms with Gasteiger partial charge in [-0.25, -0.2) is 4.98 Å². The first kappa shape index (κ1) is 9.08. The molecule has 0 amide bonds. The lowest BCUT2D eigenvalue weighted by atomic mass is 10.2. The van der Waals surface area contributed by atoms with Gasteiger partial charge < -0.3 is 5.73 Å². The van der Waals surface area contributed by atoms with E-state index in [1.807, 2.05) is 13.0 Å². The van der Waals surface area contributed by atoms with Crippen LogP contribution in [0.1, 0.15) is 11.3 Å². The molecule has 2 nitrogen and oxygen atoms in total. The number of nitrogens with zero attached hydrogens (tertiary/aromatic N) is 1. The van der Waals surface area contributed by atoms with Crippen LogP contribution in [0.2, 0.25) is 0 Å². The van der Waals surface area contributed by atoms with Gasteiger partial charge in [-0.2, -0.15) is 0 Å². The third-order valence-corrected chi connectivity index (χ3v) is 1.68. The van der Waals surface area contributed by atoms with E-state index in [1.165, 1.54) is 0 Å². The Labute approximate surface area is 80.3 Å². The summed E-state index contributed by atoms with van der Waals surface area (Å²) < 4.78 is 0. The van der Waals surface area contributed by atoms with Crippen LogP contribution >= 0.6 is 15.9 Å². The third-order valence-electron chi connectivity index (χ3n) is 1.40. The SMILES string of the molecule is Cc1nc(N)ccc1C#CCBr. The summed E-state index contributed by atoms with van der Waals surface area (Å²) in [6.45, 7) is 1.90. The molecule has 0 radical (unpaired) electrons. The second-order valence-electron chi connectivity index (χ2n) is 2.30. The molecule has 1 aromatic heterocycles. The molecule has 0 atom stereocenters. The maximum absolute atomic E-state index is 5.49. The fourth-order valence-corrected chi connectivity index (χ4v) is 0.981.